The Kier molecular flexibility index (Phi) is 26.4. The van der Waals surface area contributed by atoms with Crippen molar-refractivity contribution in [2.45, 2.75) is 180 Å². The van der Waals surface area contributed by atoms with Gasteiger partial charge in [0.2, 0.25) is 0 Å². The SMILES string of the molecule is CCCCCCCCCCCCCCCCCCCCCCCCCCCCOCc1cccs1. The second kappa shape index (κ2) is 28.2. The highest BCUT2D eigenvalue weighted by molar-refractivity contribution is 7.09. The molecule has 0 amide bonds. The third-order valence-corrected chi connectivity index (χ3v) is 8.32. The number of hydrogen-bond acceptors (Lipinski definition) is 2. The molecular weight excluding hydrogens is 444 g/mol. The lowest BCUT2D eigenvalue weighted by Gasteiger charge is -2.05. The Morgan fingerprint density at radius 1 is 0.486 bits per heavy atom. The summed E-state index contributed by atoms with van der Waals surface area (Å²) in [7, 11) is 0. The van der Waals surface area contributed by atoms with Gasteiger partial charge in [-0.3, -0.25) is 0 Å². The fraction of sp³-hybridized carbons (Fsp3) is 0.879. The zero-order valence-corrected chi connectivity index (χ0v) is 24.7. The van der Waals surface area contributed by atoms with Gasteiger partial charge in [0.1, 0.15) is 0 Å². The minimum absolute atomic E-state index is 0.803. The lowest BCUT2D eigenvalue weighted by Crippen LogP contribution is -1.93. The normalized spacial score (nSPS) is 11.5. The second-order valence-corrected chi connectivity index (χ2v) is 12.0. The van der Waals surface area contributed by atoms with Crippen molar-refractivity contribution in [3.05, 3.63) is 22.4 Å². The molecular formula is C33H62OS. The molecule has 0 bridgehead atoms. The van der Waals surface area contributed by atoms with E-state index in [-0.39, 0.29) is 0 Å². The van der Waals surface area contributed by atoms with Crippen LogP contribution in [-0.2, 0) is 11.3 Å². The van der Waals surface area contributed by atoms with Crippen molar-refractivity contribution >= 4 is 11.3 Å². The second-order valence-electron chi connectivity index (χ2n) is 11.0. The molecule has 0 unspecified atom stereocenters. The third kappa shape index (κ3) is 25.1. The molecule has 1 nitrogen and oxygen atoms in total. The van der Waals surface area contributed by atoms with Crippen molar-refractivity contribution < 1.29 is 4.74 Å². The van der Waals surface area contributed by atoms with Crippen molar-refractivity contribution in [2.75, 3.05) is 6.61 Å². The third-order valence-electron chi connectivity index (χ3n) is 7.47. The molecule has 0 N–H and O–H groups in total. The molecule has 0 aliphatic heterocycles. The van der Waals surface area contributed by atoms with E-state index in [1.807, 2.05) is 0 Å². The van der Waals surface area contributed by atoms with Crippen LogP contribution in [0.4, 0.5) is 0 Å². The summed E-state index contributed by atoms with van der Waals surface area (Å²) in [6.45, 7) is 4.03. The van der Waals surface area contributed by atoms with Gasteiger partial charge in [-0.2, -0.15) is 0 Å². The highest BCUT2D eigenvalue weighted by atomic mass is 32.1. The molecule has 1 aromatic heterocycles. The van der Waals surface area contributed by atoms with Gasteiger partial charge in [0, 0.05) is 11.5 Å². The molecule has 2 heteroatoms. The summed E-state index contributed by atoms with van der Waals surface area (Å²) in [5.74, 6) is 0. The van der Waals surface area contributed by atoms with Crippen LogP contribution in [0, 0.1) is 0 Å². The summed E-state index contributed by atoms with van der Waals surface area (Å²) in [6, 6.07) is 4.26. The van der Waals surface area contributed by atoms with Crippen molar-refractivity contribution in [1.82, 2.24) is 0 Å². The highest BCUT2D eigenvalue weighted by Crippen LogP contribution is 2.16. The van der Waals surface area contributed by atoms with Gasteiger partial charge in [0.15, 0.2) is 0 Å². The average molecular weight is 507 g/mol. The van der Waals surface area contributed by atoms with E-state index in [1.54, 1.807) is 11.3 Å². The average Bonchev–Trinajstić information content (AvgIpc) is 3.39. The summed E-state index contributed by atoms with van der Waals surface area (Å²) >= 11 is 1.79. The zero-order valence-electron chi connectivity index (χ0n) is 23.8. The Morgan fingerprint density at radius 2 is 0.829 bits per heavy atom. The molecule has 0 fully saturated rings. The van der Waals surface area contributed by atoms with Crippen LogP contribution in [0.3, 0.4) is 0 Å². The van der Waals surface area contributed by atoms with Crippen LogP contribution in [0.15, 0.2) is 17.5 Å². The van der Waals surface area contributed by atoms with Crippen LogP contribution in [0.1, 0.15) is 179 Å². The summed E-state index contributed by atoms with van der Waals surface area (Å²) in [6.07, 6.45) is 37.7. The van der Waals surface area contributed by atoms with E-state index in [9.17, 15) is 0 Å². The number of ether oxygens (including phenoxy) is 1. The lowest BCUT2D eigenvalue weighted by atomic mass is 10.0. The fourth-order valence-electron chi connectivity index (χ4n) is 5.09. The van der Waals surface area contributed by atoms with E-state index < -0.39 is 0 Å². The maximum absolute atomic E-state index is 5.74. The summed E-state index contributed by atoms with van der Waals surface area (Å²) in [5, 5.41) is 2.13. The smallest absolute Gasteiger partial charge is 0.0809 e. The Hall–Kier alpha value is -0.340. The number of rotatable bonds is 29. The number of hydrogen-bond donors (Lipinski definition) is 0. The molecule has 1 rings (SSSR count). The van der Waals surface area contributed by atoms with Gasteiger partial charge in [0.25, 0.3) is 0 Å². The molecule has 0 aliphatic rings. The molecule has 0 spiro atoms. The molecule has 0 radical (unpaired) electrons. The molecule has 0 aliphatic carbocycles. The minimum Gasteiger partial charge on any atom is -0.376 e. The number of thiophene rings is 1. The van der Waals surface area contributed by atoms with Crippen molar-refractivity contribution in [3.63, 3.8) is 0 Å². The molecule has 0 atom stereocenters. The summed E-state index contributed by atoms with van der Waals surface area (Å²) < 4.78 is 5.74. The van der Waals surface area contributed by atoms with Gasteiger partial charge in [0.05, 0.1) is 6.61 Å². The first-order chi connectivity index (χ1) is 17.4. The molecule has 1 aromatic rings. The van der Waals surface area contributed by atoms with Crippen molar-refractivity contribution in [1.29, 1.82) is 0 Å². The first-order valence-electron chi connectivity index (χ1n) is 16.0. The van der Waals surface area contributed by atoms with Gasteiger partial charge in [-0.15, -0.1) is 11.3 Å². The standard InChI is InChI=1S/C33H62OS/c1-2-3-4-5-6-7-8-9-10-11-12-13-14-15-16-17-18-19-20-21-22-23-24-25-26-27-30-34-32-33-29-28-31-35-33/h28-29,31H,2-27,30,32H2,1H3. The van der Waals surface area contributed by atoms with Gasteiger partial charge in [-0.25, -0.2) is 0 Å². The van der Waals surface area contributed by atoms with E-state index in [0.29, 0.717) is 0 Å². The van der Waals surface area contributed by atoms with Crippen molar-refractivity contribution in [2.24, 2.45) is 0 Å². The molecule has 0 aromatic carbocycles. The predicted octanol–water partition coefficient (Wildman–Crippen LogP) is 12.4. The molecule has 206 valence electrons. The monoisotopic (exact) mass is 506 g/mol. The van der Waals surface area contributed by atoms with Gasteiger partial charge in [-0.1, -0.05) is 174 Å². The Labute approximate surface area is 225 Å². The van der Waals surface area contributed by atoms with Crippen LogP contribution in [0.25, 0.3) is 0 Å². The summed E-state index contributed by atoms with van der Waals surface area (Å²) in [5.41, 5.74) is 0. The fourth-order valence-corrected chi connectivity index (χ4v) is 5.73. The van der Waals surface area contributed by atoms with Crippen LogP contribution < -0.4 is 0 Å². The summed E-state index contributed by atoms with van der Waals surface area (Å²) in [4.78, 5) is 1.35. The van der Waals surface area contributed by atoms with Crippen LogP contribution in [0.5, 0.6) is 0 Å². The first-order valence-corrected chi connectivity index (χ1v) is 16.9. The van der Waals surface area contributed by atoms with E-state index in [0.717, 1.165) is 13.2 Å². The molecule has 1 heterocycles. The van der Waals surface area contributed by atoms with E-state index in [2.05, 4.69) is 24.4 Å². The largest absolute Gasteiger partial charge is 0.376 e. The quantitative estimate of drug-likeness (QED) is 0.0981. The number of unbranched alkanes of at least 4 members (excludes halogenated alkanes) is 25. The molecule has 0 saturated heterocycles. The van der Waals surface area contributed by atoms with Gasteiger partial charge in [-0.05, 0) is 17.9 Å². The maximum Gasteiger partial charge on any atom is 0.0809 e. The molecule has 35 heavy (non-hydrogen) atoms. The Morgan fingerprint density at radius 3 is 1.14 bits per heavy atom. The topological polar surface area (TPSA) is 9.23 Å². The van der Waals surface area contributed by atoms with Crippen LogP contribution >= 0.6 is 11.3 Å². The van der Waals surface area contributed by atoms with Gasteiger partial charge >= 0.3 is 0 Å². The maximum atomic E-state index is 5.74. The van der Waals surface area contributed by atoms with Crippen molar-refractivity contribution in [3.8, 4) is 0 Å². The Bertz CT molecular complexity index is 483. The van der Waals surface area contributed by atoms with E-state index >= 15 is 0 Å². The predicted molar refractivity (Wildman–Crippen MR) is 160 cm³/mol. The Balaban J connectivity index is 1.61. The van der Waals surface area contributed by atoms with E-state index in [1.165, 1.54) is 172 Å². The minimum atomic E-state index is 0.803. The van der Waals surface area contributed by atoms with Gasteiger partial charge < -0.3 is 4.74 Å². The van der Waals surface area contributed by atoms with Crippen LogP contribution in [-0.4, -0.2) is 6.61 Å². The zero-order chi connectivity index (χ0) is 24.9. The van der Waals surface area contributed by atoms with Crippen LogP contribution in [0.2, 0.25) is 0 Å². The lowest BCUT2D eigenvalue weighted by molar-refractivity contribution is 0.118. The molecule has 0 saturated carbocycles. The highest BCUT2D eigenvalue weighted by Gasteiger charge is 1.97. The first kappa shape index (κ1) is 32.7. The van der Waals surface area contributed by atoms with E-state index in [4.69, 9.17) is 4.74 Å².